The number of aliphatic hydroxyl groups excluding tert-OH is 2. The Hall–Kier alpha value is -1.19. The van der Waals surface area contributed by atoms with Gasteiger partial charge in [-0.1, -0.05) is 56.6 Å². The maximum Gasteiger partial charge on any atom is 0.139 e. The second kappa shape index (κ2) is 10.2. The zero-order valence-electron chi connectivity index (χ0n) is 16.3. The average Bonchev–Trinajstić information content (AvgIpc) is 2.84. The minimum Gasteiger partial charge on any atom is -0.392 e. The van der Waals surface area contributed by atoms with Crippen molar-refractivity contribution in [3.63, 3.8) is 0 Å². The average molecular weight is 361 g/mol. The highest BCUT2D eigenvalue weighted by Crippen LogP contribution is 2.48. The first-order chi connectivity index (χ1) is 12.5. The summed E-state index contributed by atoms with van der Waals surface area (Å²) < 4.78 is 0. The van der Waals surface area contributed by atoms with Crippen LogP contribution in [0.5, 0.6) is 0 Å². The van der Waals surface area contributed by atoms with Crippen molar-refractivity contribution in [3.05, 3.63) is 37.0 Å². The molecule has 0 heterocycles. The van der Waals surface area contributed by atoms with Crippen LogP contribution in [0.2, 0.25) is 0 Å². The Kier molecular flexibility index (Phi) is 8.30. The van der Waals surface area contributed by atoms with Gasteiger partial charge in [-0.25, -0.2) is 0 Å². The van der Waals surface area contributed by atoms with E-state index in [2.05, 4.69) is 25.7 Å². The van der Waals surface area contributed by atoms with Crippen LogP contribution in [0.3, 0.4) is 0 Å². The molecule has 26 heavy (non-hydrogen) atoms. The maximum atomic E-state index is 12.2. The van der Waals surface area contributed by atoms with Crippen LogP contribution < -0.4 is 0 Å². The van der Waals surface area contributed by atoms with Crippen molar-refractivity contribution < 1.29 is 15.0 Å². The zero-order valence-corrected chi connectivity index (χ0v) is 16.3. The van der Waals surface area contributed by atoms with Crippen molar-refractivity contribution >= 4 is 5.78 Å². The van der Waals surface area contributed by atoms with E-state index < -0.39 is 6.10 Å². The van der Waals surface area contributed by atoms with Gasteiger partial charge >= 0.3 is 0 Å². The number of unbranched alkanes of at least 4 members (excludes halogenated alkanes) is 2. The highest BCUT2D eigenvalue weighted by atomic mass is 16.3. The highest BCUT2D eigenvalue weighted by Gasteiger charge is 2.42. The SMILES string of the molecule is C=CCC1(C(O)C/C=C/[C@H]2[C@H](O)CC(=O)[C@@H]2C/C=C\CCCC)CCC1. The number of carbonyl (C=O) groups excluding carboxylic acids is 1. The molecule has 0 bridgehead atoms. The number of allylic oxidation sites excluding steroid dienone is 3. The summed E-state index contributed by atoms with van der Waals surface area (Å²) >= 11 is 0. The Bertz CT molecular complexity index is 516. The van der Waals surface area contributed by atoms with Crippen LogP contribution in [0.4, 0.5) is 0 Å². The Morgan fingerprint density at radius 1 is 1.31 bits per heavy atom. The second-order valence-electron chi connectivity index (χ2n) is 8.16. The van der Waals surface area contributed by atoms with Crippen molar-refractivity contribution in [3.8, 4) is 0 Å². The quantitative estimate of drug-likeness (QED) is 0.413. The molecular formula is C23H36O3. The lowest BCUT2D eigenvalue weighted by molar-refractivity contribution is -0.121. The molecule has 0 radical (unpaired) electrons. The molecule has 0 spiro atoms. The first-order valence-electron chi connectivity index (χ1n) is 10.4. The van der Waals surface area contributed by atoms with E-state index in [-0.39, 0.29) is 35.6 Å². The highest BCUT2D eigenvalue weighted by molar-refractivity contribution is 5.84. The van der Waals surface area contributed by atoms with E-state index in [9.17, 15) is 15.0 Å². The van der Waals surface area contributed by atoms with E-state index in [4.69, 9.17) is 0 Å². The smallest absolute Gasteiger partial charge is 0.139 e. The summed E-state index contributed by atoms with van der Waals surface area (Å²) in [6, 6.07) is 0. The molecule has 2 fully saturated rings. The van der Waals surface area contributed by atoms with E-state index in [1.807, 2.05) is 18.2 Å². The molecule has 2 rings (SSSR count). The topological polar surface area (TPSA) is 57.5 Å². The fourth-order valence-electron chi connectivity index (χ4n) is 4.42. The van der Waals surface area contributed by atoms with Crippen LogP contribution in [0.15, 0.2) is 37.0 Å². The minimum atomic E-state index is -0.587. The van der Waals surface area contributed by atoms with Gasteiger partial charge < -0.3 is 10.2 Å². The number of aliphatic hydroxyl groups is 2. The van der Waals surface area contributed by atoms with Gasteiger partial charge in [0.25, 0.3) is 0 Å². The van der Waals surface area contributed by atoms with Crippen LogP contribution in [-0.2, 0) is 4.79 Å². The predicted molar refractivity (Wildman–Crippen MR) is 107 cm³/mol. The lowest BCUT2D eigenvalue weighted by Gasteiger charge is -2.45. The number of hydrogen-bond acceptors (Lipinski definition) is 3. The molecule has 0 aromatic rings. The summed E-state index contributed by atoms with van der Waals surface area (Å²) in [6.07, 6.45) is 18.3. The van der Waals surface area contributed by atoms with Gasteiger partial charge in [0.05, 0.1) is 12.2 Å². The standard InChI is InChI=1S/C23H36O3/c1-3-5-6-7-8-11-18-19(21(25)17-20(18)24)12-9-13-22(26)23(14-4-2)15-10-16-23/h4,7-9,12,18-19,21-22,25-26H,2-3,5-6,10-11,13-17H2,1H3/b8-7-,12-9+/t18-,19-,21-,22?/m1/s1. The monoisotopic (exact) mass is 360 g/mol. The first kappa shape index (κ1) is 21.1. The summed E-state index contributed by atoms with van der Waals surface area (Å²) in [6.45, 7) is 5.99. The van der Waals surface area contributed by atoms with Crippen molar-refractivity contribution in [1.82, 2.24) is 0 Å². The summed E-state index contributed by atoms with van der Waals surface area (Å²) in [4.78, 5) is 12.2. The Morgan fingerprint density at radius 2 is 2.08 bits per heavy atom. The van der Waals surface area contributed by atoms with Crippen molar-refractivity contribution in [2.75, 3.05) is 0 Å². The van der Waals surface area contributed by atoms with E-state index >= 15 is 0 Å². The maximum absolute atomic E-state index is 12.2. The molecule has 4 atom stereocenters. The summed E-state index contributed by atoms with van der Waals surface area (Å²) in [5, 5.41) is 20.9. The number of Topliss-reactive ketones (excluding diaryl/α,β-unsaturated/α-hetero) is 1. The van der Waals surface area contributed by atoms with Crippen molar-refractivity contribution in [1.29, 1.82) is 0 Å². The molecule has 2 saturated carbocycles. The van der Waals surface area contributed by atoms with Gasteiger partial charge in [0, 0.05) is 23.7 Å². The Labute approximate surface area is 158 Å². The van der Waals surface area contributed by atoms with Gasteiger partial charge in [-0.05, 0) is 38.5 Å². The summed E-state index contributed by atoms with van der Waals surface area (Å²) in [7, 11) is 0. The van der Waals surface area contributed by atoms with Crippen molar-refractivity contribution in [2.45, 2.75) is 83.3 Å². The minimum absolute atomic E-state index is 0.00236. The van der Waals surface area contributed by atoms with Gasteiger partial charge in [-0.2, -0.15) is 0 Å². The first-order valence-corrected chi connectivity index (χ1v) is 10.4. The third-order valence-corrected chi connectivity index (χ3v) is 6.34. The summed E-state index contributed by atoms with van der Waals surface area (Å²) in [5.74, 6) is -0.0839. The molecule has 1 unspecified atom stereocenters. The molecule has 146 valence electrons. The van der Waals surface area contributed by atoms with Gasteiger partial charge in [-0.3, -0.25) is 4.79 Å². The molecule has 3 heteroatoms. The van der Waals surface area contributed by atoms with Gasteiger partial charge in [0.1, 0.15) is 5.78 Å². The van der Waals surface area contributed by atoms with E-state index in [1.165, 1.54) is 19.3 Å². The molecule has 0 aromatic carbocycles. The third-order valence-electron chi connectivity index (χ3n) is 6.34. The van der Waals surface area contributed by atoms with Crippen LogP contribution in [-0.4, -0.2) is 28.2 Å². The van der Waals surface area contributed by atoms with Crippen LogP contribution in [0.1, 0.15) is 71.1 Å². The Morgan fingerprint density at radius 3 is 2.69 bits per heavy atom. The second-order valence-corrected chi connectivity index (χ2v) is 8.16. The fourth-order valence-corrected chi connectivity index (χ4v) is 4.42. The van der Waals surface area contributed by atoms with E-state index in [1.54, 1.807) is 0 Å². The predicted octanol–water partition coefficient (Wildman–Crippen LogP) is 4.74. The van der Waals surface area contributed by atoms with Crippen molar-refractivity contribution in [2.24, 2.45) is 17.3 Å². The molecule has 0 saturated heterocycles. The fraction of sp³-hybridized carbons (Fsp3) is 0.696. The lowest BCUT2D eigenvalue weighted by Crippen LogP contribution is -2.40. The number of ketones is 1. The van der Waals surface area contributed by atoms with Gasteiger partial charge in [0.15, 0.2) is 0 Å². The van der Waals surface area contributed by atoms with E-state index in [0.29, 0.717) is 12.8 Å². The summed E-state index contributed by atoms with van der Waals surface area (Å²) in [5.41, 5.74) is -0.00236. The zero-order chi connectivity index (χ0) is 19.0. The molecule has 2 aliphatic carbocycles. The molecule has 3 nitrogen and oxygen atoms in total. The third kappa shape index (κ3) is 5.17. The number of hydrogen-bond donors (Lipinski definition) is 2. The van der Waals surface area contributed by atoms with E-state index in [0.717, 1.165) is 25.7 Å². The molecule has 2 N–H and O–H groups in total. The normalized spacial score (nSPS) is 29.3. The molecule has 0 aromatic heterocycles. The van der Waals surface area contributed by atoms with Gasteiger partial charge in [0.2, 0.25) is 0 Å². The van der Waals surface area contributed by atoms with Crippen LogP contribution >= 0.6 is 0 Å². The van der Waals surface area contributed by atoms with Gasteiger partial charge in [-0.15, -0.1) is 6.58 Å². The largest absolute Gasteiger partial charge is 0.392 e. The number of carbonyl (C=O) groups is 1. The van der Waals surface area contributed by atoms with Crippen LogP contribution in [0, 0.1) is 17.3 Å². The molecular weight excluding hydrogens is 324 g/mol. The molecule has 2 aliphatic rings. The van der Waals surface area contributed by atoms with Crippen LogP contribution in [0.25, 0.3) is 0 Å². The molecule has 0 amide bonds. The number of rotatable bonds is 11. The molecule has 0 aliphatic heterocycles. The lowest BCUT2D eigenvalue weighted by atomic mass is 9.62. The Balaban J connectivity index is 1.90.